The Labute approximate surface area is 292 Å². The van der Waals surface area contributed by atoms with Crippen LogP contribution in [0.3, 0.4) is 0 Å². The van der Waals surface area contributed by atoms with Gasteiger partial charge in [-0.1, -0.05) is 25.1 Å². The summed E-state index contributed by atoms with van der Waals surface area (Å²) in [6.07, 6.45) is 3.31. The van der Waals surface area contributed by atoms with Gasteiger partial charge in [0.15, 0.2) is 0 Å². The fraction of sp³-hybridized carbons (Fsp3) is 0.286. The zero-order valence-electron chi connectivity index (χ0n) is 27.0. The van der Waals surface area contributed by atoms with Crippen LogP contribution in [0.25, 0.3) is 11.3 Å². The monoisotopic (exact) mass is 736 g/mol. The summed E-state index contributed by atoms with van der Waals surface area (Å²) in [7, 11) is 1.69. The average Bonchev–Trinajstić information content (AvgIpc) is 3.71. The van der Waals surface area contributed by atoms with Gasteiger partial charge in [0.1, 0.15) is 35.6 Å². The first-order valence-electron chi connectivity index (χ1n) is 15.0. The molecule has 48 heavy (non-hydrogen) atoms. The topological polar surface area (TPSA) is 117 Å². The number of hydrogen-bond donors (Lipinski definition) is 2. The van der Waals surface area contributed by atoms with Crippen molar-refractivity contribution in [2.75, 3.05) is 7.05 Å². The van der Waals surface area contributed by atoms with E-state index in [0.29, 0.717) is 28.6 Å². The van der Waals surface area contributed by atoms with Gasteiger partial charge in [0.2, 0.25) is 6.33 Å². The van der Waals surface area contributed by atoms with Crippen LogP contribution < -0.4 is 31.6 Å². The first-order valence-corrected chi connectivity index (χ1v) is 15.8. The number of nitriles is 1. The zero-order valence-corrected chi connectivity index (χ0v) is 29.4. The molecule has 0 aliphatic carbocycles. The summed E-state index contributed by atoms with van der Waals surface area (Å²) in [6.45, 7) is 7.52. The standard InChI is InChI=1S/C35H35F2N6O3S.BrH/c1-21-12-26(13-22(2)32(21)46-34(44)24(4)39-5)16-42-19-40-43(20-42)18-35(45,29-11-10-28(36)14-30(29)37)23(3)33-41-31(17-47-33)27-8-6-25(15-38)7-9-27;/h6-14,17,19-20,23-24,39,45H,16,18H2,1-5H3;1H/q+1;/p-1/t23-,24-,35+;/m0./s1. The Bertz CT molecular complexity index is 1940. The van der Waals surface area contributed by atoms with E-state index in [1.54, 1.807) is 57.8 Å². The van der Waals surface area contributed by atoms with Gasteiger partial charge in [0.05, 0.1) is 28.9 Å². The lowest BCUT2D eigenvalue weighted by Crippen LogP contribution is -3.00. The van der Waals surface area contributed by atoms with Crippen molar-refractivity contribution in [3.8, 4) is 23.1 Å². The number of aromatic nitrogens is 4. The minimum absolute atomic E-state index is 0. The van der Waals surface area contributed by atoms with Gasteiger partial charge >= 0.3 is 5.97 Å². The van der Waals surface area contributed by atoms with Crippen LogP contribution in [-0.2, 0) is 23.5 Å². The molecule has 3 atom stereocenters. The molecule has 5 aromatic rings. The minimum atomic E-state index is -1.86. The first-order chi connectivity index (χ1) is 22.4. The maximum absolute atomic E-state index is 15.3. The van der Waals surface area contributed by atoms with Crippen molar-refractivity contribution in [1.82, 2.24) is 20.1 Å². The number of halogens is 3. The molecule has 2 N–H and O–H groups in total. The third kappa shape index (κ3) is 7.85. The molecule has 0 bridgehead atoms. The predicted octanol–water partition coefficient (Wildman–Crippen LogP) is 2.32. The second-order valence-corrected chi connectivity index (χ2v) is 12.5. The van der Waals surface area contributed by atoms with E-state index in [0.717, 1.165) is 34.4 Å². The Morgan fingerprint density at radius 1 is 1.15 bits per heavy atom. The fourth-order valence-corrected chi connectivity index (χ4v) is 6.39. The summed E-state index contributed by atoms with van der Waals surface area (Å²) in [5, 5.41) is 31.1. The Morgan fingerprint density at radius 2 is 1.83 bits per heavy atom. The van der Waals surface area contributed by atoms with E-state index in [1.807, 2.05) is 35.9 Å². The quantitative estimate of drug-likeness (QED) is 0.122. The number of hydrogen-bond acceptors (Lipinski definition) is 8. The van der Waals surface area contributed by atoms with E-state index in [-0.39, 0.29) is 35.1 Å². The fourth-order valence-electron chi connectivity index (χ4n) is 5.42. The van der Waals surface area contributed by atoms with Crippen molar-refractivity contribution in [3.05, 3.63) is 117 Å². The number of thiazole rings is 1. The molecule has 0 spiro atoms. The van der Waals surface area contributed by atoms with Crippen LogP contribution >= 0.6 is 11.3 Å². The van der Waals surface area contributed by atoms with Crippen LogP contribution in [0.1, 0.15) is 52.6 Å². The highest BCUT2D eigenvalue weighted by molar-refractivity contribution is 7.10. The molecule has 0 amide bonds. The molecule has 2 heterocycles. The lowest BCUT2D eigenvalue weighted by Gasteiger charge is -2.32. The summed E-state index contributed by atoms with van der Waals surface area (Å²) in [4.78, 5) is 17.1. The van der Waals surface area contributed by atoms with Crippen LogP contribution in [0.4, 0.5) is 8.78 Å². The summed E-state index contributed by atoms with van der Waals surface area (Å²) in [6, 6.07) is 15.6. The molecule has 3 aromatic carbocycles. The van der Waals surface area contributed by atoms with E-state index in [4.69, 9.17) is 15.0 Å². The highest BCUT2D eigenvalue weighted by Crippen LogP contribution is 2.41. The van der Waals surface area contributed by atoms with E-state index in [1.165, 1.54) is 22.1 Å². The van der Waals surface area contributed by atoms with Gasteiger partial charge in [-0.05, 0) is 74.8 Å². The van der Waals surface area contributed by atoms with Gasteiger partial charge in [-0.15, -0.1) is 16.0 Å². The van der Waals surface area contributed by atoms with Gasteiger partial charge in [-0.3, -0.25) is 0 Å². The Morgan fingerprint density at radius 3 is 2.46 bits per heavy atom. The molecular formula is C35H35BrF2N6O3S. The number of carbonyl (C=O) groups excluding carboxylic acids is 1. The predicted molar refractivity (Wildman–Crippen MR) is 173 cm³/mol. The second-order valence-electron chi connectivity index (χ2n) is 11.6. The molecule has 0 radical (unpaired) electrons. The third-order valence-electron chi connectivity index (χ3n) is 8.22. The molecule has 0 saturated heterocycles. The third-order valence-corrected chi connectivity index (χ3v) is 9.25. The summed E-state index contributed by atoms with van der Waals surface area (Å²) in [5.41, 5.74) is 2.61. The van der Waals surface area contributed by atoms with E-state index in [9.17, 15) is 14.3 Å². The Balaban J connectivity index is 0.00000520. The van der Waals surface area contributed by atoms with Gasteiger partial charge in [-0.2, -0.15) is 5.26 Å². The molecule has 0 unspecified atom stereocenters. The number of benzene rings is 3. The van der Waals surface area contributed by atoms with Gasteiger partial charge < -0.3 is 32.1 Å². The maximum Gasteiger partial charge on any atom is 0.328 e. The smallest absolute Gasteiger partial charge is 0.328 e. The lowest BCUT2D eigenvalue weighted by atomic mass is 9.82. The Kier molecular flexibility index (Phi) is 11.6. The van der Waals surface area contributed by atoms with Gasteiger partial charge in [0, 0.05) is 33.6 Å². The minimum Gasteiger partial charge on any atom is -1.00 e. The molecule has 0 aliphatic rings. The number of aliphatic hydroxyl groups is 1. The van der Waals surface area contributed by atoms with Crippen molar-refractivity contribution in [1.29, 1.82) is 5.26 Å². The van der Waals surface area contributed by atoms with Crippen molar-refractivity contribution in [2.24, 2.45) is 0 Å². The summed E-state index contributed by atoms with van der Waals surface area (Å²) >= 11 is 1.32. The molecule has 9 nitrogen and oxygen atoms in total. The highest BCUT2D eigenvalue weighted by atomic mass is 79.9. The normalized spacial score (nSPS) is 13.6. The molecule has 0 aliphatic heterocycles. The number of aryl methyl sites for hydroxylation is 2. The molecule has 0 fully saturated rings. The largest absolute Gasteiger partial charge is 1.00 e. The van der Waals surface area contributed by atoms with E-state index in [2.05, 4.69) is 16.5 Å². The number of carbonyl (C=O) groups is 1. The van der Waals surface area contributed by atoms with Crippen LogP contribution in [0.5, 0.6) is 5.75 Å². The molecule has 5 rings (SSSR count). The molecular weight excluding hydrogens is 702 g/mol. The van der Waals surface area contributed by atoms with Gasteiger partial charge in [-0.25, -0.2) is 23.1 Å². The SMILES string of the molecule is CN[C@@H](C)C(=O)Oc1c(C)cc(C[n+]2cnn(C[C@](O)(c3ccc(F)cc3F)[C@@H](C)c3nc(-c4ccc(C#N)cc4)cs3)c2)cc1C.[Br-]. The number of likely N-dealkylation sites (N-methyl/N-ethyl adjacent to an activating group) is 1. The maximum atomic E-state index is 15.3. The molecule has 0 saturated carbocycles. The van der Waals surface area contributed by atoms with Crippen molar-refractivity contribution < 1.29 is 45.0 Å². The number of esters is 1. The first kappa shape index (κ1) is 36.5. The van der Waals surface area contributed by atoms with Crippen molar-refractivity contribution in [2.45, 2.75) is 58.3 Å². The van der Waals surface area contributed by atoms with Crippen LogP contribution in [-0.4, -0.2) is 38.9 Å². The Hall–Kier alpha value is -4.35. The van der Waals surface area contributed by atoms with Crippen molar-refractivity contribution >= 4 is 17.3 Å². The molecule has 250 valence electrons. The molecule has 2 aromatic heterocycles. The number of rotatable bonds is 11. The zero-order chi connectivity index (χ0) is 33.9. The summed E-state index contributed by atoms with van der Waals surface area (Å²) < 4.78 is 38.2. The number of ether oxygens (including phenoxy) is 1. The highest BCUT2D eigenvalue weighted by Gasteiger charge is 2.43. The molecule has 13 heteroatoms. The number of nitrogens with one attached hydrogen (secondary N) is 1. The van der Waals surface area contributed by atoms with Crippen LogP contribution in [0.2, 0.25) is 0 Å². The lowest BCUT2D eigenvalue weighted by molar-refractivity contribution is -0.689. The average molecular weight is 738 g/mol. The van der Waals surface area contributed by atoms with Crippen molar-refractivity contribution in [3.63, 3.8) is 0 Å². The van der Waals surface area contributed by atoms with E-state index >= 15 is 4.39 Å². The van der Waals surface area contributed by atoms with Crippen LogP contribution in [0.15, 0.2) is 72.6 Å². The van der Waals surface area contributed by atoms with E-state index < -0.39 is 29.2 Å². The van der Waals surface area contributed by atoms with Crippen LogP contribution in [0, 0.1) is 36.8 Å². The number of nitrogens with zero attached hydrogens (tertiary/aromatic N) is 5. The second kappa shape index (κ2) is 15.3. The summed E-state index contributed by atoms with van der Waals surface area (Å²) in [5.74, 6) is -2.20. The van der Waals surface area contributed by atoms with Gasteiger partial charge in [0.25, 0.3) is 6.33 Å².